The Labute approximate surface area is 126 Å². The number of phenols is 4. The smallest absolute Gasteiger partial charge is 0.320 e. The summed E-state index contributed by atoms with van der Waals surface area (Å²) < 4.78 is 0. The van der Waals surface area contributed by atoms with Crippen LogP contribution in [0.3, 0.4) is 0 Å². The summed E-state index contributed by atoms with van der Waals surface area (Å²) in [5, 5.41) is 44.0. The predicted octanol–water partition coefficient (Wildman–Crippen LogP) is 1.15. The second kappa shape index (κ2) is 7.75. The van der Waals surface area contributed by atoms with Gasteiger partial charge in [0.05, 0.1) is 0 Å². The highest BCUT2D eigenvalue weighted by Gasteiger charge is 2.12. The molecule has 0 aliphatic carbocycles. The maximum Gasteiger partial charge on any atom is 0.320 e. The van der Waals surface area contributed by atoms with Gasteiger partial charge in [-0.15, -0.1) is 0 Å². The van der Waals surface area contributed by atoms with E-state index in [0.29, 0.717) is 5.56 Å². The molecule has 0 aliphatic heterocycles. The number of carbonyl (C=O) groups is 1. The number of benzene rings is 2. The first-order valence-corrected chi connectivity index (χ1v) is 6.27. The molecule has 0 radical (unpaired) electrons. The Balaban J connectivity index is 0.000000255. The van der Waals surface area contributed by atoms with Crippen LogP contribution in [-0.4, -0.2) is 37.5 Å². The number of para-hydroxylation sites is 2. The van der Waals surface area contributed by atoms with E-state index < -0.39 is 12.0 Å². The van der Waals surface area contributed by atoms with Crippen LogP contribution in [0.5, 0.6) is 23.0 Å². The first-order valence-electron chi connectivity index (χ1n) is 6.27. The third-order valence-electron chi connectivity index (χ3n) is 2.69. The molecule has 0 spiro atoms. The molecule has 0 saturated carbocycles. The number of rotatable bonds is 3. The Bertz CT molecular complexity index is 623. The second-order valence-electron chi connectivity index (χ2n) is 4.46. The van der Waals surface area contributed by atoms with Crippen molar-refractivity contribution in [1.82, 2.24) is 0 Å². The van der Waals surface area contributed by atoms with Crippen LogP contribution in [0.4, 0.5) is 0 Å². The van der Waals surface area contributed by atoms with E-state index in [1.54, 1.807) is 12.1 Å². The molecule has 7 heteroatoms. The number of phenolic OH excluding ortho intramolecular Hbond substituents is 4. The molecule has 118 valence electrons. The average molecular weight is 307 g/mol. The minimum Gasteiger partial charge on any atom is -0.504 e. The fourth-order valence-electron chi connectivity index (χ4n) is 1.50. The maximum atomic E-state index is 10.4. The standard InChI is InChI=1S/C9H11NO4.C6H6O2/c10-6(9(13)14)3-5-1-2-7(11)8(12)4-5;7-5-3-1-2-4-6(5)8/h1-2,4,6,11-12H,3,10H2,(H,13,14);1-4,7-8H/t6-;/m1./s1. The number of hydrogen-bond donors (Lipinski definition) is 6. The van der Waals surface area contributed by atoms with Gasteiger partial charge in [-0.25, -0.2) is 0 Å². The third kappa shape index (κ3) is 5.22. The number of aliphatic carboxylic acids is 1. The van der Waals surface area contributed by atoms with Gasteiger partial charge in [-0.2, -0.15) is 0 Å². The highest BCUT2D eigenvalue weighted by atomic mass is 16.4. The van der Waals surface area contributed by atoms with Crippen LogP contribution in [-0.2, 0) is 11.2 Å². The fraction of sp³-hybridized carbons (Fsp3) is 0.133. The third-order valence-corrected chi connectivity index (χ3v) is 2.69. The first-order chi connectivity index (χ1) is 10.3. The summed E-state index contributed by atoms with van der Waals surface area (Å²) in [6.45, 7) is 0. The zero-order valence-corrected chi connectivity index (χ0v) is 11.5. The summed E-state index contributed by atoms with van der Waals surface area (Å²) >= 11 is 0. The van der Waals surface area contributed by atoms with Crippen molar-refractivity contribution in [2.75, 3.05) is 0 Å². The van der Waals surface area contributed by atoms with Crippen molar-refractivity contribution in [3.63, 3.8) is 0 Å². The lowest BCUT2D eigenvalue weighted by Gasteiger charge is -2.06. The van der Waals surface area contributed by atoms with Crippen molar-refractivity contribution < 1.29 is 30.3 Å². The molecule has 1 atom stereocenters. The molecule has 0 saturated heterocycles. The van der Waals surface area contributed by atoms with Crippen LogP contribution >= 0.6 is 0 Å². The van der Waals surface area contributed by atoms with E-state index in [9.17, 15) is 4.79 Å². The van der Waals surface area contributed by atoms with Crippen molar-refractivity contribution in [3.05, 3.63) is 48.0 Å². The molecule has 2 aromatic rings. The summed E-state index contributed by atoms with van der Waals surface area (Å²) in [6, 6.07) is 9.24. The van der Waals surface area contributed by atoms with E-state index in [1.807, 2.05) is 0 Å². The van der Waals surface area contributed by atoms with Gasteiger partial charge in [-0.3, -0.25) is 4.79 Å². The number of aromatic hydroxyl groups is 4. The van der Waals surface area contributed by atoms with Gasteiger partial charge in [0, 0.05) is 0 Å². The van der Waals surface area contributed by atoms with E-state index in [-0.39, 0.29) is 29.4 Å². The van der Waals surface area contributed by atoms with Crippen LogP contribution in [0.25, 0.3) is 0 Å². The van der Waals surface area contributed by atoms with Crippen molar-refractivity contribution >= 4 is 5.97 Å². The molecular formula is C15H17NO6. The Morgan fingerprint density at radius 2 is 1.41 bits per heavy atom. The average Bonchev–Trinajstić information content (AvgIpc) is 2.46. The van der Waals surface area contributed by atoms with Gasteiger partial charge < -0.3 is 31.3 Å². The minimum absolute atomic E-state index is 0.0764. The Kier molecular flexibility index (Phi) is 6.03. The van der Waals surface area contributed by atoms with Gasteiger partial charge in [-0.1, -0.05) is 18.2 Å². The van der Waals surface area contributed by atoms with Crippen LogP contribution in [0, 0.1) is 0 Å². The van der Waals surface area contributed by atoms with Gasteiger partial charge >= 0.3 is 5.97 Å². The lowest BCUT2D eigenvalue weighted by atomic mass is 10.1. The molecule has 2 aromatic carbocycles. The van der Waals surface area contributed by atoms with Crippen LogP contribution in [0.15, 0.2) is 42.5 Å². The first kappa shape index (κ1) is 17.1. The van der Waals surface area contributed by atoms with Gasteiger partial charge in [0.25, 0.3) is 0 Å². The molecule has 2 rings (SSSR count). The van der Waals surface area contributed by atoms with Gasteiger partial charge in [-0.05, 0) is 36.2 Å². The number of carboxylic acids is 1. The lowest BCUT2D eigenvalue weighted by Crippen LogP contribution is -2.32. The van der Waals surface area contributed by atoms with Crippen LogP contribution in [0.1, 0.15) is 5.56 Å². The molecule has 0 bridgehead atoms. The van der Waals surface area contributed by atoms with Crippen molar-refractivity contribution in [2.24, 2.45) is 5.73 Å². The zero-order chi connectivity index (χ0) is 16.7. The highest BCUT2D eigenvalue weighted by molar-refractivity contribution is 5.73. The van der Waals surface area contributed by atoms with Gasteiger partial charge in [0.15, 0.2) is 23.0 Å². The topological polar surface area (TPSA) is 144 Å². The molecule has 7 nitrogen and oxygen atoms in total. The van der Waals surface area contributed by atoms with E-state index in [1.165, 1.54) is 30.3 Å². The van der Waals surface area contributed by atoms with Crippen molar-refractivity contribution in [2.45, 2.75) is 12.5 Å². The Hall–Kier alpha value is -2.93. The second-order valence-corrected chi connectivity index (χ2v) is 4.46. The summed E-state index contributed by atoms with van der Waals surface area (Å²) in [5.41, 5.74) is 5.86. The highest BCUT2D eigenvalue weighted by Crippen LogP contribution is 2.25. The minimum atomic E-state index is -1.10. The fourth-order valence-corrected chi connectivity index (χ4v) is 1.50. The quantitative estimate of drug-likeness (QED) is 0.466. The molecular weight excluding hydrogens is 290 g/mol. The molecule has 0 aliphatic rings. The summed E-state index contributed by atoms with van der Waals surface area (Å²) in [4.78, 5) is 10.4. The summed E-state index contributed by atoms with van der Waals surface area (Å²) in [5.74, 6) is -1.77. The normalized spacial score (nSPS) is 11.1. The number of carboxylic acid groups (broad SMARTS) is 1. The predicted molar refractivity (Wildman–Crippen MR) is 78.9 cm³/mol. The molecule has 0 amide bonds. The Morgan fingerprint density at radius 3 is 1.82 bits per heavy atom. The number of hydrogen-bond acceptors (Lipinski definition) is 6. The molecule has 0 fully saturated rings. The van der Waals surface area contributed by atoms with Crippen LogP contribution in [0.2, 0.25) is 0 Å². The van der Waals surface area contributed by atoms with E-state index in [2.05, 4.69) is 0 Å². The van der Waals surface area contributed by atoms with E-state index >= 15 is 0 Å². The SMILES string of the molecule is N[C@H](Cc1ccc(O)c(O)c1)C(=O)O.Oc1ccccc1O. The molecule has 0 heterocycles. The molecule has 22 heavy (non-hydrogen) atoms. The van der Waals surface area contributed by atoms with E-state index in [0.717, 1.165) is 0 Å². The molecule has 0 aromatic heterocycles. The summed E-state index contributed by atoms with van der Waals surface area (Å²) in [7, 11) is 0. The van der Waals surface area contributed by atoms with Gasteiger partial charge in [0.2, 0.25) is 0 Å². The van der Waals surface area contributed by atoms with Crippen LogP contribution < -0.4 is 5.73 Å². The monoisotopic (exact) mass is 307 g/mol. The lowest BCUT2D eigenvalue weighted by molar-refractivity contribution is -0.138. The zero-order valence-electron chi connectivity index (χ0n) is 11.5. The van der Waals surface area contributed by atoms with Crippen molar-refractivity contribution in [3.8, 4) is 23.0 Å². The van der Waals surface area contributed by atoms with Crippen molar-refractivity contribution in [1.29, 1.82) is 0 Å². The largest absolute Gasteiger partial charge is 0.504 e. The Morgan fingerprint density at radius 1 is 0.909 bits per heavy atom. The number of nitrogens with two attached hydrogens (primary N) is 1. The van der Waals surface area contributed by atoms with E-state index in [4.69, 9.17) is 31.3 Å². The summed E-state index contributed by atoms with van der Waals surface area (Å²) in [6.07, 6.45) is 0.114. The molecule has 7 N–H and O–H groups in total. The maximum absolute atomic E-state index is 10.4. The molecule has 0 unspecified atom stereocenters. The van der Waals surface area contributed by atoms with Gasteiger partial charge in [0.1, 0.15) is 6.04 Å².